The summed E-state index contributed by atoms with van der Waals surface area (Å²) in [6, 6.07) is 0. The first kappa shape index (κ1) is 11.2. The Balaban J connectivity index is 1.98. The van der Waals surface area contributed by atoms with Crippen LogP contribution in [-0.2, 0) is 0 Å². The van der Waals surface area contributed by atoms with Gasteiger partial charge in [-0.15, -0.1) is 6.58 Å². The van der Waals surface area contributed by atoms with Crippen LogP contribution in [0.4, 0.5) is 0 Å². The molecule has 0 heteroatoms. The first-order valence-electron chi connectivity index (χ1n) is 6.62. The highest BCUT2D eigenvalue weighted by Gasteiger charge is 2.57. The minimum Gasteiger partial charge on any atom is -0.100 e. The molecule has 2 aliphatic carbocycles. The Morgan fingerprint density at radius 3 is 2.27 bits per heavy atom. The lowest BCUT2D eigenvalue weighted by Crippen LogP contribution is -2.30. The summed E-state index contributed by atoms with van der Waals surface area (Å²) < 4.78 is 0. The van der Waals surface area contributed by atoms with E-state index in [1.807, 2.05) is 0 Å². The number of hydrogen-bond donors (Lipinski definition) is 0. The highest BCUT2D eigenvalue weighted by atomic mass is 14.6. The van der Waals surface area contributed by atoms with Gasteiger partial charge in [0.15, 0.2) is 0 Å². The molecule has 15 heavy (non-hydrogen) atoms. The molecule has 2 fully saturated rings. The van der Waals surface area contributed by atoms with Crippen LogP contribution in [0.1, 0.15) is 65.7 Å². The fourth-order valence-electron chi connectivity index (χ4n) is 4.22. The number of allylic oxidation sites excluding steroid dienone is 1. The van der Waals surface area contributed by atoms with Gasteiger partial charge in [0.1, 0.15) is 0 Å². The average molecular weight is 206 g/mol. The monoisotopic (exact) mass is 206 g/mol. The van der Waals surface area contributed by atoms with Crippen molar-refractivity contribution in [1.82, 2.24) is 0 Å². The van der Waals surface area contributed by atoms with Gasteiger partial charge in [0.2, 0.25) is 0 Å². The van der Waals surface area contributed by atoms with Gasteiger partial charge >= 0.3 is 0 Å². The van der Waals surface area contributed by atoms with Crippen molar-refractivity contribution in [3.8, 4) is 0 Å². The molecule has 2 rings (SSSR count). The molecule has 0 heterocycles. The lowest BCUT2D eigenvalue weighted by atomic mass is 9.66. The maximum atomic E-state index is 4.01. The van der Waals surface area contributed by atoms with E-state index in [0.29, 0.717) is 10.8 Å². The second kappa shape index (κ2) is 3.64. The Labute approximate surface area is 95.1 Å². The molecule has 1 unspecified atom stereocenters. The van der Waals surface area contributed by atoms with E-state index < -0.39 is 0 Å². The zero-order valence-electron chi connectivity index (χ0n) is 10.7. The van der Waals surface area contributed by atoms with Gasteiger partial charge in [-0.3, -0.25) is 0 Å². The number of fused-ring (bicyclic) bond motifs is 2. The summed E-state index contributed by atoms with van der Waals surface area (Å²) in [5, 5.41) is 0. The van der Waals surface area contributed by atoms with Crippen LogP contribution in [0.3, 0.4) is 0 Å². The maximum absolute atomic E-state index is 4.01. The van der Waals surface area contributed by atoms with Gasteiger partial charge in [-0.2, -0.15) is 0 Å². The summed E-state index contributed by atoms with van der Waals surface area (Å²) in [6.45, 7) is 11.3. The Kier molecular flexibility index (Phi) is 2.73. The van der Waals surface area contributed by atoms with Crippen molar-refractivity contribution in [2.24, 2.45) is 16.7 Å². The smallest absolute Gasteiger partial charge is 0.0244 e. The van der Waals surface area contributed by atoms with Crippen LogP contribution in [0, 0.1) is 16.7 Å². The minimum atomic E-state index is 0.655. The Morgan fingerprint density at radius 2 is 1.87 bits per heavy atom. The molecule has 0 saturated heterocycles. The lowest BCUT2D eigenvalue weighted by Gasteiger charge is -2.38. The van der Waals surface area contributed by atoms with Gasteiger partial charge in [0.25, 0.3) is 0 Å². The average Bonchev–Trinajstić information content (AvgIpc) is 2.52. The fourth-order valence-corrected chi connectivity index (χ4v) is 4.22. The summed E-state index contributed by atoms with van der Waals surface area (Å²) in [6.07, 6.45) is 10.00. The van der Waals surface area contributed by atoms with Crippen LogP contribution in [0.2, 0.25) is 0 Å². The molecule has 0 N–H and O–H groups in total. The lowest BCUT2D eigenvalue weighted by molar-refractivity contribution is 0.111. The van der Waals surface area contributed by atoms with Crippen molar-refractivity contribution >= 4 is 0 Å². The molecule has 0 radical (unpaired) electrons. The van der Waals surface area contributed by atoms with E-state index in [0.717, 1.165) is 5.92 Å². The molecule has 0 aliphatic heterocycles. The summed E-state index contributed by atoms with van der Waals surface area (Å²) in [7, 11) is 0. The highest BCUT2D eigenvalue weighted by Crippen LogP contribution is 2.67. The third-order valence-electron chi connectivity index (χ3n) is 5.67. The third kappa shape index (κ3) is 1.66. The van der Waals surface area contributed by atoms with Gasteiger partial charge in [-0.25, -0.2) is 0 Å². The van der Waals surface area contributed by atoms with Crippen LogP contribution in [0.15, 0.2) is 12.2 Å². The highest BCUT2D eigenvalue weighted by molar-refractivity contribution is 5.08. The second-order valence-corrected chi connectivity index (χ2v) is 6.56. The standard InChI is InChI=1S/C15H26/c1-12(2)6-5-9-15(4)13-7-10-14(15,3)11-8-13/h13H,1,5-11H2,2-4H3. The molecule has 86 valence electrons. The van der Waals surface area contributed by atoms with Gasteiger partial charge in [-0.05, 0) is 68.6 Å². The maximum Gasteiger partial charge on any atom is -0.0244 e. The molecule has 1 atom stereocenters. The SMILES string of the molecule is C=C(C)CCCC1(C)C2CCC1(C)CC2. The van der Waals surface area contributed by atoms with E-state index in [2.05, 4.69) is 27.4 Å². The largest absolute Gasteiger partial charge is 0.100 e. The van der Waals surface area contributed by atoms with Crippen LogP contribution in [-0.4, -0.2) is 0 Å². The Bertz CT molecular complexity index is 255. The number of rotatable bonds is 4. The Morgan fingerprint density at radius 1 is 1.27 bits per heavy atom. The molecule has 2 bridgehead atoms. The van der Waals surface area contributed by atoms with Gasteiger partial charge in [0, 0.05) is 0 Å². The molecule has 0 nitrogen and oxygen atoms in total. The summed E-state index contributed by atoms with van der Waals surface area (Å²) in [5.41, 5.74) is 2.68. The summed E-state index contributed by atoms with van der Waals surface area (Å²) in [5.74, 6) is 1.03. The topological polar surface area (TPSA) is 0 Å². The molecule has 0 amide bonds. The van der Waals surface area contributed by atoms with E-state index in [1.165, 1.54) is 50.5 Å². The molecule has 0 aromatic rings. The van der Waals surface area contributed by atoms with Crippen LogP contribution in [0.25, 0.3) is 0 Å². The van der Waals surface area contributed by atoms with Crippen LogP contribution >= 0.6 is 0 Å². The van der Waals surface area contributed by atoms with Crippen molar-refractivity contribution in [2.45, 2.75) is 65.7 Å². The fraction of sp³-hybridized carbons (Fsp3) is 0.867. The van der Waals surface area contributed by atoms with E-state index in [1.54, 1.807) is 0 Å². The van der Waals surface area contributed by atoms with Crippen molar-refractivity contribution in [2.75, 3.05) is 0 Å². The molecule has 0 spiro atoms. The Hall–Kier alpha value is -0.260. The van der Waals surface area contributed by atoms with Crippen molar-refractivity contribution in [3.05, 3.63) is 12.2 Å². The zero-order valence-corrected chi connectivity index (χ0v) is 10.7. The molecule has 2 saturated carbocycles. The molecule has 0 aromatic carbocycles. The zero-order chi connectivity index (χ0) is 11.1. The predicted octanol–water partition coefficient (Wildman–Crippen LogP) is 4.95. The van der Waals surface area contributed by atoms with Crippen LogP contribution < -0.4 is 0 Å². The minimum absolute atomic E-state index is 0.655. The van der Waals surface area contributed by atoms with Gasteiger partial charge < -0.3 is 0 Å². The summed E-state index contributed by atoms with van der Waals surface area (Å²) >= 11 is 0. The molecule has 2 aliphatic rings. The van der Waals surface area contributed by atoms with E-state index >= 15 is 0 Å². The third-order valence-corrected chi connectivity index (χ3v) is 5.67. The molecule has 0 aromatic heterocycles. The van der Waals surface area contributed by atoms with Crippen LogP contribution in [0.5, 0.6) is 0 Å². The molecular weight excluding hydrogens is 180 g/mol. The van der Waals surface area contributed by atoms with E-state index in [9.17, 15) is 0 Å². The second-order valence-electron chi connectivity index (χ2n) is 6.56. The van der Waals surface area contributed by atoms with Crippen molar-refractivity contribution in [1.29, 1.82) is 0 Å². The first-order valence-corrected chi connectivity index (χ1v) is 6.62. The predicted molar refractivity (Wildman–Crippen MR) is 66.8 cm³/mol. The molecular formula is C15H26. The van der Waals surface area contributed by atoms with Gasteiger partial charge in [0.05, 0.1) is 0 Å². The number of hydrogen-bond acceptors (Lipinski definition) is 0. The van der Waals surface area contributed by atoms with E-state index in [4.69, 9.17) is 0 Å². The van der Waals surface area contributed by atoms with Crippen molar-refractivity contribution in [3.63, 3.8) is 0 Å². The van der Waals surface area contributed by atoms with Crippen molar-refractivity contribution < 1.29 is 0 Å². The first-order chi connectivity index (χ1) is 6.98. The quantitative estimate of drug-likeness (QED) is 0.571. The normalized spacial score (nSPS) is 43.5. The summed E-state index contributed by atoms with van der Waals surface area (Å²) in [4.78, 5) is 0. The van der Waals surface area contributed by atoms with Gasteiger partial charge in [-0.1, -0.05) is 19.4 Å². The van der Waals surface area contributed by atoms with E-state index in [-0.39, 0.29) is 0 Å².